The van der Waals surface area contributed by atoms with Gasteiger partial charge in [-0.3, -0.25) is 19.3 Å². The number of nitrogens with zero attached hydrogens (tertiary/aromatic N) is 1. The maximum Gasteiger partial charge on any atom is 0.320 e. The molecule has 0 unspecified atom stereocenters. The van der Waals surface area contributed by atoms with E-state index in [4.69, 9.17) is 14.2 Å². The Bertz CT molecular complexity index is 511. The standard InChI is InChI=1S/C21H40N2O6/c1-19(2,3)27-16(24)13-22-11-10-12-23(14-17(25)28-20(4,5)6)15-18(26)29-21(7,8)9/h22H,10-15H2,1-9H3. The zero-order valence-corrected chi connectivity index (χ0v) is 19.6. The zero-order chi connectivity index (χ0) is 22.9. The van der Waals surface area contributed by atoms with Gasteiger partial charge < -0.3 is 19.5 Å². The molecule has 0 atom stereocenters. The van der Waals surface area contributed by atoms with Crippen molar-refractivity contribution in [1.82, 2.24) is 10.2 Å². The summed E-state index contributed by atoms with van der Waals surface area (Å²) in [5, 5.41) is 3.01. The molecule has 0 saturated carbocycles. The lowest BCUT2D eigenvalue weighted by atomic mass is 10.2. The summed E-state index contributed by atoms with van der Waals surface area (Å²) in [4.78, 5) is 37.7. The molecule has 1 N–H and O–H groups in total. The lowest BCUT2D eigenvalue weighted by molar-refractivity contribution is -0.160. The largest absolute Gasteiger partial charge is 0.459 e. The average molecular weight is 417 g/mol. The lowest BCUT2D eigenvalue weighted by Crippen LogP contribution is -2.41. The smallest absolute Gasteiger partial charge is 0.320 e. The first kappa shape index (κ1) is 27.3. The summed E-state index contributed by atoms with van der Waals surface area (Å²) in [5.41, 5.74) is -1.70. The second kappa shape index (κ2) is 11.5. The van der Waals surface area contributed by atoms with Crippen LogP contribution in [0.4, 0.5) is 0 Å². The van der Waals surface area contributed by atoms with Crippen LogP contribution in [0.2, 0.25) is 0 Å². The molecule has 29 heavy (non-hydrogen) atoms. The Hall–Kier alpha value is -1.67. The number of hydrogen-bond donors (Lipinski definition) is 1. The van der Waals surface area contributed by atoms with Gasteiger partial charge in [-0.2, -0.15) is 0 Å². The van der Waals surface area contributed by atoms with Crippen LogP contribution in [-0.2, 0) is 28.6 Å². The molecule has 0 heterocycles. The highest BCUT2D eigenvalue weighted by atomic mass is 16.6. The summed E-state index contributed by atoms with van der Waals surface area (Å²) in [6.07, 6.45) is 0.633. The second-order valence-corrected chi connectivity index (χ2v) is 10.0. The first-order valence-corrected chi connectivity index (χ1v) is 10.1. The molecule has 8 heteroatoms. The van der Waals surface area contributed by atoms with Gasteiger partial charge in [-0.25, -0.2) is 0 Å². The van der Waals surface area contributed by atoms with Crippen molar-refractivity contribution in [3.05, 3.63) is 0 Å². The van der Waals surface area contributed by atoms with Gasteiger partial charge in [0, 0.05) is 6.54 Å². The van der Waals surface area contributed by atoms with E-state index in [-0.39, 0.29) is 25.6 Å². The number of rotatable bonds is 10. The fraction of sp³-hybridized carbons (Fsp3) is 0.857. The molecule has 0 aromatic rings. The molecule has 0 fully saturated rings. The highest BCUT2D eigenvalue weighted by Crippen LogP contribution is 2.10. The van der Waals surface area contributed by atoms with Crippen molar-refractivity contribution >= 4 is 17.9 Å². The van der Waals surface area contributed by atoms with Crippen molar-refractivity contribution in [3.63, 3.8) is 0 Å². The van der Waals surface area contributed by atoms with Crippen LogP contribution in [-0.4, -0.2) is 72.3 Å². The highest BCUT2D eigenvalue weighted by Gasteiger charge is 2.23. The number of ether oxygens (including phenoxy) is 3. The zero-order valence-electron chi connectivity index (χ0n) is 19.6. The number of hydrogen-bond acceptors (Lipinski definition) is 8. The summed E-state index contributed by atoms with van der Waals surface area (Å²) in [6.45, 7) is 17.3. The van der Waals surface area contributed by atoms with Gasteiger partial charge in [0.05, 0.1) is 19.6 Å². The monoisotopic (exact) mass is 416 g/mol. The Labute approximate surface area is 175 Å². The average Bonchev–Trinajstić information content (AvgIpc) is 2.40. The van der Waals surface area contributed by atoms with Crippen LogP contribution in [0, 0.1) is 0 Å². The fourth-order valence-corrected chi connectivity index (χ4v) is 2.32. The predicted molar refractivity (Wildman–Crippen MR) is 111 cm³/mol. The van der Waals surface area contributed by atoms with E-state index in [0.717, 1.165) is 0 Å². The molecule has 8 nitrogen and oxygen atoms in total. The Morgan fingerprint density at radius 3 is 1.45 bits per heavy atom. The topological polar surface area (TPSA) is 94.2 Å². The Balaban J connectivity index is 4.56. The molecule has 0 rings (SSSR count). The third-order valence-corrected chi connectivity index (χ3v) is 3.06. The van der Waals surface area contributed by atoms with Crippen molar-refractivity contribution in [1.29, 1.82) is 0 Å². The molecule has 0 amide bonds. The van der Waals surface area contributed by atoms with Crippen molar-refractivity contribution in [3.8, 4) is 0 Å². The molecule has 0 saturated heterocycles. The van der Waals surface area contributed by atoms with Gasteiger partial charge in [0.2, 0.25) is 0 Å². The minimum atomic E-state index is -0.594. The molecule has 0 bridgehead atoms. The molecular weight excluding hydrogens is 376 g/mol. The maximum absolute atomic E-state index is 12.2. The molecule has 0 aliphatic carbocycles. The first-order valence-electron chi connectivity index (χ1n) is 10.1. The Morgan fingerprint density at radius 1 is 0.690 bits per heavy atom. The van der Waals surface area contributed by atoms with Gasteiger partial charge in [0.1, 0.15) is 16.8 Å². The summed E-state index contributed by atoms with van der Waals surface area (Å²) in [6, 6.07) is 0. The predicted octanol–water partition coefficient (Wildman–Crippen LogP) is 2.29. The molecule has 0 aliphatic rings. The van der Waals surface area contributed by atoms with Gasteiger partial charge in [0.25, 0.3) is 0 Å². The van der Waals surface area contributed by atoms with Crippen LogP contribution in [0.15, 0.2) is 0 Å². The molecule has 0 radical (unpaired) electrons. The number of carbonyl (C=O) groups is 3. The van der Waals surface area contributed by atoms with Gasteiger partial charge in [-0.1, -0.05) is 0 Å². The van der Waals surface area contributed by atoms with E-state index in [9.17, 15) is 14.4 Å². The minimum absolute atomic E-state index is 0.0113. The third-order valence-electron chi connectivity index (χ3n) is 3.06. The summed E-state index contributed by atoms with van der Waals surface area (Å²) < 4.78 is 15.9. The first-order chi connectivity index (χ1) is 13.0. The molecule has 0 spiro atoms. The van der Waals surface area contributed by atoms with E-state index < -0.39 is 28.7 Å². The quantitative estimate of drug-likeness (QED) is 0.329. The van der Waals surface area contributed by atoms with Gasteiger partial charge in [0.15, 0.2) is 0 Å². The van der Waals surface area contributed by atoms with Crippen LogP contribution < -0.4 is 5.32 Å². The second-order valence-electron chi connectivity index (χ2n) is 10.0. The van der Waals surface area contributed by atoms with E-state index in [0.29, 0.717) is 19.5 Å². The van der Waals surface area contributed by atoms with Crippen LogP contribution in [0.25, 0.3) is 0 Å². The van der Waals surface area contributed by atoms with Crippen LogP contribution in [0.1, 0.15) is 68.7 Å². The molecular formula is C21H40N2O6. The highest BCUT2D eigenvalue weighted by molar-refractivity contribution is 5.75. The molecule has 0 aromatic heterocycles. The lowest BCUT2D eigenvalue weighted by Gasteiger charge is -2.26. The van der Waals surface area contributed by atoms with Crippen LogP contribution in [0.3, 0.4) is 0 Å². The normalized spacial score (nSPS) is 12.6. The Kier molecular flexibility index (Phi) is 10.8. The van der Waals surface area contributed by atoms with Crippen molar-refractivity contribution < 1.29 is 28.6 Å². The van der Waals surface area contributed by atoms with E-state index in [1.165, 1.54) is 0 Å². The summed E-state index contributed by atoms with van der Waals surface area (Å²) in [7, 11) is 0. The van der Waals surface area contributed by atoms with E-state index in [1.54, 1.807) is 46.4 Å². The number of nitrogens with one attached hydrogen (secondary N) is 1. The number of carbonyl (C=O) groups excluding carboxylic acids is 3. The van der Waals surface area contributed by atoms with E-state index in [1.807, 2.05) is 20.8 Å². The van der Waals surface area contributed by atoms with Crippen molar-refractivity contribution in [2.75, 3.05) is 32.7 Å². The molecule has 0 aromatic carbocycles. The third kappa shape index (κ3) is 18.1. The Morgan fingerprint density at radius 2 is 1.07 bits per heavy atom. The fourth-order valence-electron chi connectivity index (χ4n) is 2.32. The summed E-state index contributed by atoms with van der Waals surface area (Å²) in [5.74, 6) is -1.12. The van der Waals surface area contributed by atoms with Gasteiger partial charge in [-0.15, -0.1) is 0 Å². The van der Waals surface area contributed by atoms with Crippen molar-refractivity contribution in [2.24, 2.45) is 0 Å². The van der Waals surface area contributed by atoms with Gasteiger partial charge >= 0.3 is 17.9 Å². The molecule has 170 valence electrons. The maximum atomic E-state index is 12.2. The molecule has 0 aliphatic heterocycles. The van der Waals surface area contributed by atoms with Gasteiger partial charge in [-0.05, 0) is 75.3 Å². The van der Waals surface area contributed by atoms with Crippen LogP contribution >= 0.6 is 0 Å². The SMILES string of the molecule is CC(C)(C)OC(=O)CNCCCN(CC(=O)OC(C)(C)C)CC(=O)OC(C)(C)C. The minimum Gasteiger partial charge on any atom is -0.459 e. The number of esters is 3. The van der Waals surface area contributed by atoms with E-state index >= 15 is 0 Å². The van der Waals surface area contributed by atoms with Crippen LogP contribution in [0.5, 0.6) is 0 Å². The van der Waals surface area contributed by atoms with Crippen molar-refractivity contribution in [2.45, 2.75) is 85.5 Å². The van der Waals surface area contributed by atoms with E-state index in [2.05, 4.69) is 5.32 Å². The summed E-state index contributed by atoms with van der Waals surface area (Å²) >= 11 is 0.